The summed E-state index contributed by atoms with van der Waals surface area (Å²) in [6, 6.07) is 0. The van der Waals surface area contributed by atoms with E-state index in [1.807, 2.05) is 0 Å². The van der Waals surface area contributed by atoms with E-state index in [2.05, 4.69) is 4.74 Å². The van der Waals surface area contributed by atoms with Crippen LogP contribution in [0.25, 0.3) is 0 Å². The van der Waals surface area contributed by atoms with Gasteiger partial charge in [-0.25, -0.2) is 0 Å². The molecule has 14 heavy (non-hydrogen) atoms. The summed E-state index contributed by atoms with van der Waals surface area (Å²) in [6.07, 6.45) is 1.76. The molecule has 0 bridgehead atoms. The fourth-order valence-electron chi connectivity index (χ4n) is 0.785. The molecular formula is C8H13F3O2S. The second kappa shape index (κ2) is 6.98. The molecule has 0 unspecified atom stereocenters. The number of hydrogen-bond donors (Lipinski definition) is 0. The van der Waals surface area contributed by atoms with E-state index in [0.29, 0.717) is 25.9 Å². The minimum Gasteiger partial charge on any atom is -0.466 e. The molecule has 6 heteroatoms. The van der Waals surface area contributed by atoms with Gasteiger partial charge in [0.2, 0.25) is 0 Å². The van der Waals surface area contributed by atoms with E-state index in [1.54, 1.807) is 0 Å². The van der Waals surface area contributed by atoms with Crippen LogP contribution in [-0.2, 0) is 9.53 Å². The normalized spacial score (nSPS) is 11.4. The molecule has 0 saturated carbocycles. The Morgan fingerprint density at radius 3 is 2.43 bits per heavy atom. The summed E-state index contributed by atoms with van der Waals surface area (Å²) in [6.45, 7) is 1.60. The SMILES string of the molecule is CC(=O)OCCCCCSC(F)(F)F. The van der Waals surface area contributed by atoms with Crippen LogP contribution in [-0.4, -0.2) is 23.8 Å². The van der Waals surface area contributed by atoms with Gasteiger partial charge in [0, 0.05) is 12.7 Å². The van der Waals surface area contributed by atoms with Crippen LogP contribution in [0.2, 0.25) is 0 Å². The molecule has 0 heterocycles. The van der Waals surface area contributed by atoms with Crippen molar-refractivity contribution < 1.29 is 22.7 Å². The Bertz CT molecular complexity index is 170. The maximum Gasteiger partial charge on any atom is 0.441 e. The number of rotatable bonds is 6. The van der Waals surface area contributed by atoms with Gasteiger partial charge < -0.3 is 4.74 Å². The highest BCUT2D eigenvalue weighted by Gasteiger charge is 2.27. The van der Waals surface area contributed by atoms with Crippen molar-refractivity contribution in [3.05, 3.63) is 0 Å². The van der Waals surface area contributed by atoms with Crippen molar-refractivity contribution >= 4 is 17.7 Å². The Labute approximate surface area is 85.2 Å². The van der Waals surface area contributed by atoms with Crippen molar-refractivity contribution in [3.8, 4) is 0 Å². The molecule has 84 valence electrons. The van der Waals surface area contributed by atoms with Gasteiger partial charge in [0.05, 0.1) is 6.61 Å². The highest BCUT2D eigenvalue weighted by Crippen LogP contribution is 2.30. The van der Waals surface area contributed by atoms with Crippen molar-refractivity contribution in [2.24, 2.45) is 0 Å². The number of carbonyl (C=O) groups is 1. The lowest BCUT2D eigenvalue weighted by atomic mass is 10.3. The minimum atomic E-state index is -4.13. The van der Waals surface area contributed by atoms with Crippen LogP contribution in [0, 0.1) is 0 Å². The van der Waals surface area contributed by atoms with Gasteiger partial charge in [0.15, 0.2) is 0 Å². The summed E-state index contributed by atoms with van der Waals surface area (Å²) in [4.78, 5) is 10.3. The predicted octanol–water partition coefficient (Wildman–Crippen LogP) is 2.97. The van der Waals surface area contributed by atoms with Crippen LogP contribution in [0.15, 0.2) is 0 Å². The van der Waals surface area contributed by atoms with E-state index in [1.165, 1.54) is 6.92 Å². The second-order valence-corrected chi connectivity index (χ2v) is 3.85. The van der Waals surface area contributed by atoms with Crippen LogP contribution in [0.1, 0.15) is 26.2 Å². The average molecular weight is 230 g/mol. The van der Waals surface area contributed by atoms with Crippen LogP contribution in [0.5, 0.6) is 0 Å². The number of carbonyl (C=O) groups excluding carboxylic acids is 1. The Morgan fingerprint density at radius 2 is 1.93 bits per heavy atom. The van der Waals surface area contributed by atoms with Crippen molar-refractivity contribution in [1.29, 1.82) is 0 Å². The van der Waals surface area contributed by atoms with Gasteiger partial charge in [-0.3, -0.25) is 4.79 Å². The van der Waals surface area contributed by atoms with E-state index >= 15 is 0 Å². The number of thioether (sulfide) groups is 1. The van der Waals surface area contributed by atoms with Crippen LogP contribution in [0.3, 0.4) is 0 Å². The number of alkyl halides is 3. The fraction of sp³-hybridized carbons (Fsp3) is 0.875. The number of ether oxygens (including phenoxy) is 1. The Balaban J connectivity index is 3.11. The molecule has 0 saturated heterocycles. The van der Waals surface area contributed by atoms with Crippen molar-refractivity contribution in [2.75, 3.05) is 12.4 Å². The minimum absolute atomic E-state index is 0.00985. The zero-order valence-corrected chi connectivity index (χ0v) is 8.71. The summed E-state index contributed by atoms with van der Waals surface area (Å²) < 4.78 is 39.5. The molecule has 0 aliphatic carbocycles. The predicted molar refractivity (Wildman–Crippen MR) is 49.0 cm³/mol. The van der Waals surface area contributed by atoms with E-state index in [4.69, 9.17) is 0 Å². The third-order valence-corrected chi connectivity index (χ3v) is 2.18. The summed E-state index contributed by atoms with van der Waals surface area (Å²) >= 11 is -0.00985. The first-order valence-electron chi connectivity index (χ1n) is 4.26. The van der Waals surface area contributed by atoms with E-state index in [0.717, 1.165) is 0 Å². The topological polar surface area (TPSA) is 26.3 Å². The Hall–Kier alpha value is -0.390. The molecule has 0 spiro atoms. The molecule has 0 amide bonds. The average Bonchev–Trinajstić information content (AvgIpc) is 2.00. The summed E-state index contributed by atoms with van der Waals surface area (Å²) in [5.74, 6) is -0.279. The third-order valence-electron chi connectivity index (χ3n) is 1.36. The second-order valence-electron chi connectivity index (χ2n) is 2.69. The van der Waals surface area contributed by atoms with Gasteiger partial charge in [0.1, 0.15) is 0 Å². The summed E-state index contributed by atoms with van der Waals surface area (Å²) in [5.41, 5.74) is -4.13. The molecule has 0 radical (unpaired) electrons. The number of hydrogen-bond acceptors (Lipinski definition) is 3. The first-order chi connectivity index (χ1) is 6.42. The molecule has 0 aromatic carbocycles. The third kappa shape index (κ3) is 11.6. The molecule has 0 aliphatic heterocycles. The van der Waals surface area contributed by atoms with Crippen molar-refractivity contribution in [1.82, 2.24) is 0 Å². The van der Waals surface area contributed by atoms with Crippen LogP contribution >= 0.6 is 11.8 Å². The van der Waals surface area contributed by atoms with Crippen LogP contribution in [0.4, 0.5) is 13.2 Å². The van der Waals surface area contributed by atoms with E-state index in [-0.39, 0.29) is 23.5 Å². The van der Waals surface area contributed by atoms with Crippen molar-refractivity contribution in [2.45, 2.75) is 31.7 Å². The standard InChI is InChI=1S/C8H13F3O2S/c1-7(12)13-5-3-2-4-6-14-8(9,10)11/h2-6H2,1H3. The maximum atomic E-state index is 11.6. The summed E-state index contributed by atoms with van der Waals surface area (Å²) in [5, 5.41) is 0. The van der Waals surface area contributed by atoms with Gasteiger partial charge in [0.25, 0.3) is 0 Å². The maximum absolute atomic E-state index is 11.6. The van der Waals surface area contributed by atoms with Gasteiger partial charge >= 0.3 is 11.5 Å². The number of unbranched alkanes of at least 4 members (excludes halogenated alkanes) is 2. The van der Waals surface area contributed by atoms with E-state index < -0.39 is 5.51 Å². The summed E-state index contributed by atoms with van der Waals surface area (Å²) in [7, 11) is 0. The lowest BCUT2D eigenvalue weighted by Crippen LogP contribution is -2.02. The highest BCUT2D eigenvalue weighted by molar-refractivity contribution is 8.00. The first-order valence-corrected chi connectivity index (χ1v) is 5.24. The number of halogens is 3. The van der Waals surface area contributed by atoms with Gasteiger partial charge in [-0.2, -0.15) is 13.2 Å². The molecule has 2 nitrogen and oxygen atoms in total. The lowest BCUT2D eigenvalue weighted by molar-refractivity contribution is -0.141. The Kier molecular flexibility index (Phi) is 6.78. The molecule has 0 rings (SSSR count). The highest BCUT2D eigenvalue weighted by atomic mass is 32.2. The molecular weight excluding hydrogens is 217 g/mol. The number of esters is 1. The molecule has 0 fully saturated rings. The van der Waals surface area contributed by atoms with Gasteiger partial charge in [-0.1, -0.05) is 11.8 Å². The molecule has 0 aliphatic rings. The van der Waals surface area contributed by atoms with Gasteiger partial charge in [-0.15, -0.1) is 0 Å². The molecule has 0 aromatic rings. The van der Waals surface area contributed by atoms with Crippen molar-refractivity contribution in [3.63, 3.8) is 0 Å². The largest absolute Gasteiger partial charge is 0.466 e. The van der Waals surface area contributed by atoms with Gasteiger partial charge in [-0.05, 0) is 19.3 Å². The monoisotopic (exact) mass is 230 g/mol. The molecule has 0 aromatic heterocycles. The fourth-order valence-corrected chi connectivity index (χ4v) is 1.36. The lowest BCUT2D eigenvalue weighted by Gasteiger charge is -2.05. The molecule has 0 atom stereocenters. The zero-order chi connectivity index (χ0) is 11.0. The quantitative estimate of drug-likeness (QED) is 0.518. The first kappa shape index (κ1) is 13.6. The van der Waals surface area contributed by atoms with Crippen LogP contribution < -0.4 is 0 Å². The Morgan fingerprint density at radius 1 is 1.29 bits per heavy atom. The molecule has 0 N–H and O–H groups in total. The smallest absolute Gasteiger partial charge is 0.441 e. The zero-order valence-electron chi connectivity index (χ0n) is 7.89. The van der Waals surface area contributed by atoms with E-state index in [9.17, 15) is 18.0 Å².